The molecule has 0 spiro atoms. The summed E-state index contributed by atoms with van der Waals surface area (Å²) >= 11 is 0. The van der Waals surface area contributed by atoms with Gasteiger partial charge in [-0.25, -0.2) is 4.39 Å². The Morgan fingerprint density at radius 1 is 1.07 bits per heavy atom. The van der Waals surface area contributed by atoms with Gasteiger partial charge in [-0.05, 0) is 92.9 Å². The fraction of sp³-hybridized carbons (Fsp3) is 0.457. The lowest BCUT2D eigenvalue weighted by Gasteiger charge is -2.28. The molecular weight excluding hydrogens is 533 g/mol. The fourth-order valence-electron chi connectivity index (χ4n) is 6.59. The molecule has 7 heteroatoms. The van der Waals surface area contributed by atoms with Crippen molar-refractivity contribution in [2.45, 2.75) is 59.0 Å². The van der Waals surface area contributed by atoms with Gasteiger partial charge in [0.15, 0.2) is 0 Å². The Kier molecular flexibility index (Phi) is 8.51. The lowest BCUT2D eigenvalue weighted by Crippen LogP contribution is -2.33. The van der Waals surface area contributed by atoms with Gasteiger partial charge in [-0.2, -0.15) is 0 Å². The van der Waals surface area contributed by atoms with Gasteiger partial charge >= 0.3 is 5.97 Å². The highest BCUT2D eigenvalue weighted by Crippen LogP contribution is 2.45. The Balaban J connectivity index is 1.36. The van der Waals surface area contributed by atoms with Crippen molar-refractivity contribution >= 4 is 5.97 Å². The molecule has 0 N–H and O–H groups in total. The molecule has 224 valence electrons. The number of nitrogens with zero attached hydrogens (tertiary/aromatic N) is 1. The lowest BCUT2D eigenvalue weighted by molar-refractivity contribution is -0.141. The van der Waals surface area contributed by atoms with Gasteiger partial charge in [0.1, 0.15) is 29.2 Å². The normalized spacial score (nSPS) is 17.5. The van der Waals surface area contributed by atoms with Gasteiger partial charge in [-0.1, -0.05) is 26.0 Å². The molecule has 2 atom stereocenters. The van der Waals surface area contributed by atoms with Gasteiger partial charge < -0.3 is 23.8 Å². The number of carbonyl (C=O) groups is 1. The highest BCUT2D eigenvalue weighted by Gasteiger charge is 2.32. The standard InChI is InChI=1S/C35H42FNO5/c1-21-14-25(41-20-35(3,4)19-37(5)6)15-22(2)33(21)27-10-12-29(36)34-28(27)11-13-30(34)42-24-8-9-26-23(16-32(38)39-7)18-40-31(26)17-24/h8-10,12,14-15,17,23,30H,11,13,16,18-20H2,1-7H3. The van der Waals surface area contributed by atoms with Crippen LogP contribution in [0.1, 0.15) is 66.5 Å². The summed E-state index contributed by atoms with van der Waals surface area (Å²) in [4.78, 5) is 13.9. The van der Waals surface area contributed by atoms with E-state index in [0.29, 0.717) is 36.7 Å². The van der Waals surface area contributed by atoms with E-state index in [2.05, 4.69) is 58.8 Å². The van der Waals surface area contributed by atoms with E-state index >= 15 is 4.39 Å². The van der Waals surface area contributed by atoms with Crippen LogP contribution >= 0.6 is 0 Å². The van der Waals surface area contributed by atoms with Crippen molar-refractivity contribution in [1.82, 2.24) is 4.90 Å². The summed E-state index contributed by atoms with van der Waals surface area (Å²) in [7, 11) is 5.54. The highest BCUT2D eigenvalue weighted by atomic mass is 19.1. The zero-order valence-electron chi connectivity index (χ0n) is 25.8. The second kappa shape index (κ2) is 12.0. The number of aryl methyl sites for hydroxylation is 2. The Morgan fingerprint density at radius 2 is 1.81 bits per heavy atom. The first-order valence-corrected chi connectivity index (χ1v) is 14.7. The minimum absolute atomic E-state index is 0.0203. The van der Waals surface area contributed by atoms with Crippen LogP contribution in [0.3, 0.4) is 0 Å². The van der Waals surface area contributed by atoms with Gasteiger partial charge in [-0.3, -0.25) is 4.79 Å². The Bertz CT molecular complexity index is 1460. The molecule has 5 rings (SSSR count). The van der Waals surface area contributed by atoms with E-state index in [1.165, 1.54) is 7.11 Å². The van der Waals surface area contributed by atoms with Crippen molar-refractivity contribution in [2.75, 3.05) is 41.0 Å². The summed E-state index contributed by atoms with van der Waals surface area (Å²) in [6, 6.07) is 13.3. The van der Waals surface area contributed by atoms with Crippen molar-refractivity contribution in [1.29, 1.82) is 0 Å². The molecule has 0 bridgehead atoms. The molecular formula is C35H42FNO5. The van der Waals surface area contributed by atoms with Crippen molar-refractivity contribution in [3.8, 4) is 28.4 Å². The van der Waals surface area contributed by atoms with Crippen LogP contribution in [0.15, 0.2) is 42.5 Å². The molecule has 0 saturated heterocycles. The Morgan fingerprint density at radius 3 is 2.50 bits per heavy atom. The minimum atomic E-state index is -0.396. The predicted molar refractivity (Wildman–Crippen MR) is 162 cm³/mol. The number of carbonyl (C=O) groups excluding carboxylic acids is 1. The summed E-state index contributed by atoms with van der Waals surface area (Å²) in [6.07, 6.45) is 1.29. The molecule has 0 aromatic heterocycles. The van der Waals surface area contributed by atoms with E-state index in [4.69, 9.17) is 18.9 Å². The first-order chi connectivity index (χ1) is 20.0. The second-order valence-electron chi connectivity index (χ2n) is 12.7. The van der Waals surface area contributed by atoms with Gasteiger partial charge in [0.05, 0.1) is 26.7 Å². The highest BCUT2D eigenvalue weighted by molar-refractivity contribution is 5.76. The summed E-state index contributed by atoms with van der Waals surface area (Å²) in [5, 5.41) is 0. The summed E-state index contributed by atoms with van der Waals surface area (Å²) in [6.45, 7) is 10.6. The van der Waals surface area contributed by atoms with E-state index in [1.54, 1.807) is 6.07 Å². The first-order valence-electron chi connectivity index (χ1n) is 14.7. The number of methoxy groups -OCH3 is 1. The molecule has 1 aliphatic carbocycles. The predicted octanol–water partition coefficient (Wildman–Crippen LogP) is 7.18. The number of halogens is 1. The maximum atomic E-state index is 15.4. The van der Waals surface area contributed by atoms with E-state index in [0.717, 1.165) is 52.1 Å². The third-order valence-electron chi connectivity index (χ3n) is 8.22. The van der Waals surface area contributed by atoms with Crippen molar-refractivity contribution < 1.29 is 28.1 Å². The number of hydrogen-bond acceptors (Lipinski definition) is 6. The molecule has 1 aliphatic heterocycles. The van der Waals surface area contributed by atoms with Gasteiger partial charge in [0, 0.05) is 35.1 Å². The zero-order chi connectivity index (χ0) is 30.2. The Labute approximate surface area is 248 Å². The fourth-order valence-corrected chi connectivity index (χ4v) is 6.59. The molecule has 3 aromatic rings. The third-order valence-corrected chi connectivity index (χ3v) is 8.22. The minimum Gasteiger partial charge on any atom is -0.493 e. The molecule has 2 unspecified atom stereocenters. The smallest absolute Gasteiger partial charge is 0.306 e. The largest absolute Gasteiger partial charge is 0.493 e. The van der Waals surface area contributed by atoms with Crippen molar-refractivity contribution in [3.63, 3.8) is 0 Å². The number of esters is 1. The zero-order valence-corrected chi connectivity index (χ0v) is 25.8. The quantitative estimate of drug-likeness (QED) is 0.239. The monoisotopic (exact) mass is 575 g/mol. The maximum absolute atomic E-state index is 15.4. The van der Waals surface area contributed by atoms with Crippen LogP contribution in [0.25, 0.3) is 11.1 Å². The van der Waals surface area contributed by atoms with E-state index in [-0.39, 0.29) is 29.5 Å². The average Bonchev–Trinajstić information content (AvgIpc) is 3.52. The molecule has 42 heavy (non-hydrogen) atoms. The van der Waals surface area contributed by atoms with Gasteiger partial charge in [0.25, 0.3) is 0 Å². The second-order valence-corrected chi connectivity index (χ2v) is 12.7. The van der Waals surface area contributed by atoms with Crippen LogP contribution in [0.2, 0.25) is 0 Å². The Hall–Kier alpha value is -3.58. The molecule has 0 saturated carbocycles. The molecule has 6 nitrogen and oxygen atoms in total. The number of fused-ring (bicyclic) bond motifs is 2. The van der Waals surface area contributed by atoms with Crippen LogP contribution < -0.4 is 14.2 Å². The van der Waals surface area contributed by atoms with Crippen LogP contribution in [0, 0.1) is 25.1 Å². The topological polar surface area (TPSA) is 57.2 Å². The van der Waals surface area contributed by atoms with Crippen molar-refractivity contribution in [3.05, 3.63) is 76.1 Å². The summed E-state index contributed by atoms with van der Waals surface area (Å²) in [5.74, 6) is 1.63. The van der Waals surface area contributed by atoms with Crippen LogP contribution in [-0.2, 0) is 16.0 Å². The van der Waals surface area contributed by atoms with Crippen LogP contribution in [0.4, 0.5) is 4.39 Å². The van der Waals surface area contributed by atoms with Crippen LogP contribution in [-0.4, -0.2) is 51.8 Å². The summed E-state index contributed by atoms with van der Waals surface area (Å²) in [5.41, 5.74) is 6.99. The molecule has 0 amide bonds. The molecule has 2 aliphatic rings. The number of ether oxygens (including phenoxy) is 4. The van der Waals surface area contributed by atoms with E-state index in [1.807, 2.05) is 24.3 Å². The molecule has 3 aromatic carbocycles. The number of hydrogen-bond donors (Lipinski definition) is 0. The lowest BCUT2D eigenvalue weighted by atomic mass is 9.90. The molecule has 0 radical (unpaired) electrons. The third kappa shape index (κ3) is 6.26. The van der Waals surface area contributed by atoms with Gasteiger partial charge in [-0.15, -0.1) is 0 Å². The number of rotatable bonds is 10. The summed E-state index contributed by atoms with van der Waals surface area (Å²) < 4.78 is 38.6. The van der Waals surface area contributed by atoms with E-state index in [9.17, 15) is 4.79 Å². The molecule has 0 fully saturated rings. The first kappa shape index (κ1) is 29.9. The SMILES string of the molecule is COC(=O)CC1COc2cc(OC3CCc4c(-c5c(C)cc(OCC(C)(C)CN(C)C)cc5C)ccc(F)c43)ccc21. The van der Waals surface area contributed by atoms with E-state index < -0.39 is 6.10 Å². The number of benzene rings is 3. The maximum Gasteiger partial charge on any atom is 0.306 e. The van der Waals surface area contributed by atoms with Gasteiger partial charge in [0.2, 0.25) is 0 Å². The molecule has 1 heterocycles. The van der Waals surface area contributed by atoms with Crippen LogP contribution in [0.5, 0.6) is 17.2 Å². The van der Waals surface area contributed by atoms with Crippen molar-refractivity contribution in [2.24, 2.45) is 5.41 Å². The average molecular weight is 576 g/mol.